The van der Waals surface area contributed by atoms with Crippen molar-refractivity contribution < 1.29 is 43.8 Å². The summed E-state index contributed by atoms with van der Waals surface area (Å²) in [7, 11) is 1.77. The molecule has 53 heavy (non-hydrogen) atoms. The molecule has 2 aliphatic heterocycles. The molecule has 9 heteroatoms. The molecule has 2 N–H and O–H groups in total. The van der Waals surface area contributed by atoms with Gasteiger partial charge in [0.15, 0.2) is 5.79 Å². The molecule has 0 bridgehead atoms. The topological polar surface area (TPSA) is 127 Å². The molecule has 316 valence electrons. The zero-order chi connectivity index (χ0) is 40.7. The van der Waals surface area contributed by atoms with Crippen molar-refractivity contribution in [2.24, 2.45) is 23.7 Å². The Labute approximate surface area is 326 Å². The molecule has 0 aromatic heterocycles. The molecule has 0 radical (unpaired) electrons. The molecule has 2 heterocycles. The summed E-state index contributed by atoms with van der Waals surface area (Å²) in [5.41, 5.74) is 1.17. The highest BCUT2D eigenvalue weighted by atomic mass is 17.0. The minimum absolute atomic E-state index is 0.300. The molecule has 0 aromatic rings. The number of carbonyl (C=O) groups is 2. The van der Waals surface area contributed by atoms with Gasteiger partial charge in [-0.15, -0.1) is 6.58 Å². The van der Waals surface area contributed by atoms with Crippen molar-refractivity contribution >= 4 is 12.6 Å². The number of unbranched alkanes of at least 4 members (excludes halogenated alkanes) is 1. The summed E-state index contributed by atoms with van der Waals surface area (Å²) in [6.45, 7) is 26.4. The second-order valence-corrected chi connectivity index (χ2v) is 15.2. The van der Waals surface area contributed by atoms with Gasteiger partial charge in [0.25, 0.3) is 0 Å². The van der Waals surface area contributed by atoms with Crippen LogP contribution in [0.15, 0.2) is 12.2 Å². The Kier molecular flexibility index (Phi) is 34.7. The third-order valence-corrected chi connectivity index (χ3v) is 10.7. The third-order valence-electron chi connectivity index (χ3n) is 10.7. The monoisotopic (exact) mass is 759 g/mol. The van der Waals surface area contributed by atoms with Crippen LogP contribution in [0.25, 0.3) is 0 Å². The van der Waals surface area contributed by atoms with Gasteiger partial charge in [-0.05, 0) is 116 Å². The van der Waals surface area contributed by atoms with Crippen molar-refractivity contribution in [1.29, 1.82) is 0 Å². The van der Waals surface area contributed by atoms with Crippen LogP contribution in [-0.4, -0.2) is 79.7 Å². The highest BCUT2D eigenvalue weighted by Gasteiger charge is 2.44. The molecule has 5 fully saturated rings. The number of aldehydes is 2. The first-order chi connectivity index (χ1) is 25.6. The van der Waals surface area contributed by atoms with Crippen LogP contribution in [-0.2, 0) is 33.3 Å². The Morgan fingerprint density at radius 3 is 1.45 bits per heavy atom. The second kappa shape index (κ2) is 34.1. The van der Waals surface area contributed by atoms with Gasteiger partial charge >= 0.3 is 0 Å². The van der Waals surface area contributed by atoms with Gasteiger partial charge in [0.05, 0.1) is 37.1 Å². The Bertz CT molecular complexity index is 814. The van der Waals surface area contributed by atoms with Crippen LogP contribution in [0, 0.1) is 23.7 Å². The van der Waals surface area contributed by atoms with E-state index in [1.165, 1.54) is 50.5 Å². The van der Waals surface area contributed by atoms with Crippen LogP contribution in [0.2, 0.25) is 0 Å². The average Bonchev–Trinajstić information content (AvgIpc) is 4.13. The molecule has 2 saturated heterocycles. The number of epoxide rings is 2. The van der Waals surface area contributed by atoms with Gasteiger partial charge in [-0.25, -0.2) is 0 Å². The van der Waals surface area contributed by atoms with Crippen LogP contribution < -0.4 is 0 Å². The van der Waals surface area contributed by atoms with Gasteiger partial charge in [0, 0.05) is 25.6 Å². The van der Waals surface area contributed by atoms with Crippen molar-refractivity contribution in [2.75, 3.05) is 20.3 Å². The molecule has 5 rings (SSSR count). The summed E-state index contributed by atoms with van der Waals surface area (Å²) in [4.78, 5) is 20.5. The minimum atomic E-state index is -0.371. The summed E-state index contributed by atoms with van der Waals surface area (Å²) in [5, 5.41) is 12.0. The highest BCUT2D eigenvalue weighted by Crippen LogP contribution is 2.39. The lowest BCUT2D eigenvalue weighted by Crippen LogP contribution is -2.35. The Hall–Kier alpha value is -1.20. The SMILES string of the molecule is C=C(C)C.CC.CCC(CC)OCC1CCCC(COC(CC)(CC)OC)CC1.CCCC.O=CC1CCC2OC2C1.O=CC1CCC2OC2C1.OO. The molecule has 3 saturated carbocycles. The van der Waals surface area contributed by atoms with Crippen LogP contribution in [0.5, 0.6) is 0 Å². The lowest BCUT2D eigenvalue weighted by molar-refractivity contribution is -0.232. The predicted molar refractivity (Wildman–Crippen MR) is 218 cm³/mol. The third kappa shape index (κ3) is 25.6. The Morgan fingerprint density at radius 1 is 0.717 bits per heavy atom. The molecule has 9 nitrogen and oxygen atoms in total. The number of hydrogen-bond donors (Lipinski definition) is 2. The first kappa shape index (κ1) is 53.9. The molecule has 3 aliphatic carbocycles. The standard InChI is InChI=1S/C20H40O3.2C7H10O2.C4H8.C4H10.C2H6.H2O2/c1-6-19(7-2)22-15-17-11-10-12-18(14-13-17)16-23-20(8-3,9-4)21-5;2*8-4-5-1-2-6-7(3-5)9-6;1-4(2)3;1-3-4-2;2*1-2/h17-19H,6-16H2,1-5H3;2*4-7H,1-3H2;1H2,2-3H3;3-4H2,1-2H3;1-2H3;1-2H. The first-order valence-corrected chi connectivity index (χ1v) is 21.4. The van der Waals surface area contributed by atoms with Gasteiger partial charge in [-0.1, -0.05) is 80.2 Å². The highest BCUT2D eigenvalue weighted by molar-refractivity contribution is 5.54. The van der Waals surface area contributed by atoms with E-state index in [1.807, 2.05) is 27.7 Å². The fraction of sp³-hybridized carbons (Fsp3) is 0.909. The van der Waals surface area contributed by atoms with Gasteiger partial charge in [-0.3, -0.25) is 10.5 Å². The van der Waals surface area contributed by atoms with Crippen LogP contribution in [0.3, 0.4) is 0 Å². The van der Waals surface area contributed by atoms with Gasteiger partial charge in [-0.2, -0.15) is 0 Å². The lowest BCUT2D eigenvalue weighted by atomic mass is 9.91. The van der Waals surface area contributed by atoms with E-state index in [4.69, 9.17) is 34.2 Å². The van der Waals surface area contributed by atoms with E-state index >= 15 is 0 Å². The zero-order valence-electron chi connectivity index (χ0n) is 36.2. The zero-order valence-corrected chi connectivity index (χ0v) is 36.2. The van der Waals surface area contributed by atoms with Crippen LogP contribution in [0.4, 0.5) is 0 Å². The van der Waals surface area contributed by atoms with E-state index in [9.17, 15) is 9.59 Å². The van der Waals surface area contributed by atoms with E-state index < -0.39 is 0 Å². The maximum Gasteiger partial charge on any atom is 0.167 e. The summed E-state index contributed by atoms with van der Waals surface area (Å²) >= 11 is 0. The molecular formula is C44H86O9. The molecule has 8 unspecified atom stereocenters. The number of ether oxygens (including phenoxy) is 5. The van der Waals surface area contributed by atoms with Gasteiger partial charge < -0.3 is 33.3 Å². The van der Waals surface area contributed by atoms with E-state index in [2.05, 4.69) is 48.1 Å². The van der Waals surface area contributed by atoms with Crippen molar-refractivity contribution in [1.82, 2.24) is 0 Å². The van der Waals surface area contributed by atoms with E-state index in [0.717, 1.165) is 95.9 Å². The van der Waals surface area contributed by atoms with Crippen LogP contribution >= 0.6 is 0 Å². The molecular weight excluding hydrogens is 672 g/mol. The number of methoxy groups -OCH3 is 1. The summed E-state index contributed by atoms with van der Waals surface area (Å²) < 4.78 is 28.4. The van der Waals surface area contributed by atoms with Crippen LogP contribution in [0.1, 0.15) is 178 Å². The molecule has 0 spiro atoms. The number of hydrogen-bond acceptors (Lipinski definition) is 9. The predicted octanol–water partition coefficient (Wildman–Crippen LogP) is 11.5. The molecule has 0 aromatic carbocycles. The molecule has 5 aliphatic rings. The van der Waals surface area contributed by atoms with Crippen molar-refractivity contribution in [3.63, 3.8) is 0 Å². The molecule has 0 amide bonds. The Balaban J connectivity index is 0. The lowest BCUT2D eigenvalue weighted by Gasteiger charge is -2.32. The van der Waals surface area contributed by atoms with E-state index in [-0.39, 0.29) is 5.79 Å². The largest absolute Gasteiger partial charge is 0.378 e. The maximum absolute atomic E-state index is 10.3. The summed E-state index contributed by atoms with van der Waals surface area (Å²) in [6, 6.07) is 0. The number of fused-ring (bicyclic) bond motifs is 2. The quantitative estimate of drug-likeness (QED) is 0.0338. The van der Waals surface area contributed by atoms with E-state index in [0.29, 0.717) is 48.3 Å². The van der Waals surface area contributed by atoms with Crippen molar-refractivity contribution in [2.45, 2.75) is 215 Å². The second-order valence-electron chi connectivity index (χ2n) is 15.2. The summed E-state index contributed by atoms with van der Waals surface area (Å²) in [5.74, 6) is 1.65. The maximum atomic E-state index is 10.3. The fourth-order valence-electron chi connectivity index (χ4n) is 6.77. The Morgan fingerprint density at radius 2 is 1.13 bits per heavy atom. The number of allylic oxidation sites excluding steroid dienone is 1. The fourth-order valence-corrected chi connectivity index (χ4v) is 6.77. The summed E-state index contributed by atoms with van der Waals surface area (Å²) in [6.07, 6.45) is 24.0. The van der Waals surface area contributed by atoms with Gasteiger partial charge in [0.1, 0.15) is 12.6 Å². The van der Waals surface area contributed by atoms with Gasteiger partial charge in [0.2, 0.25) is 0 Å². The van der Waals surface area contributed by atoms with Crippen molar-refractivity contribution in [3.8, 4) is 0 Å². The molecule has 8 atom stereocenters. The average molecular weight is 759 g/mol. The van der Waals surface area contributed by atoms with Crippen molar-refractivity contribution in [3.05, 3.63) is 12.2 Å². The number of carbonyl (C=O) groups excluding carboxylic acids is 2. The van der Waals surface area contributed by atoms with E-state index in [1.54, 1.807) is 7.11 Å². The normalized spacial score (nSPS) is 27.6. The minimum Gasteiger partial charge on any atom is -0.378 e. The smallest absolute Gasteiger partial charge is 0.167 e. The first-order valence-electron chi connectivity index (χ1n) is 21.4. The number of rotatable bonds is 14.